The predicted octanol–water partition coefficient (Wildman–Crippen LogP) is 5.69. The number of halogens is 10. The molecule has 13 heteroatoms. The van der Waals surface area contributed by atoms with Crippen LogP contribution >= 0.6 is 0 Å². The largest absolute Gasteiger partial charge is 0.465 e. The third-order valence-electron chi connectivity index (χ3n) is 5.63. The molecular formula is C18H24F10O3. The van der Waals surface area contributed by atoms with E-state index in [1.807, 2.05) is 0 Å². The molecule has 0 heterocycles. The standard InChI is InChI=1S/C18H24F10O3/c1-12(2,11(29)31-8-7-13(3,19)20)6-5-10-9-15(30,18(26,27)28)17(24,25)16(10,23)14(4,21)22/h10,30H,5-9H2,1-4H3. The lowest BCUT2D eigenvalue weighted by Gasteiger charge is -2.40. The average molecular weight is 478 g/mol. The highest BCUT2D eigenvalue weighted by atomic mass is 19.4. The quantitative estimate of drug-likeness (QED) is 0.360. The van der Waals surface area contributed by atoms with Crippen LogP contribution in [-0.2, 0) is 9.53 Å². The second-order valence-electron chi connectivity index (χ2n) is 8.81. The van der Waals surface area contributed by atoms with Crippen LogP contribution in [0, 0.1) is 11.3 Å². The summed E-state index contributed by atoms with van der Waals surface area (Å²) in [6.45, 7) is 1.71. The van der Waals surface area contributed by atoms with Gasteiger partial charge in [0.25, 0.3) is 5.92 Å². The molecule has 0 aromatic carbocycles. The minimum absolute atomic E-state index is 0.319. The van der Waals surface area contributed by atoms with Gasteiger partial charge in [0.05, 0.1) is 12.0 Å². The Bertz CT molecular complexity index is 665. The van der Waals surface area contributed by atoms with E-state index in [-0.39, 0.29) is 6.92 Å². The van der Waals surface area contributed by atoms with Gasteiger partial charge in [0.1, 0.15) is 0 Å². The molecule has 1 aliphatic rings. The summed E-state index contributed by atoms with van der Waals surface area (Å²) >= 11 is 0. The van der Waals surface area contributed by atoms with Crippen LogP contribution in [0.25, 0.3) is 0 Å². The van der Waals surface area contributed by atoms with Crippen LogP contribution in [0.5, 0.6) is 0 Å². The van der Waals surface area contributed by atoms with E-state index in [0.29, 0.717) is 6.92 Å². The van der Waals surface area contributed by atoms with Gasteiger partial charge in [-0.1, -0.05) is 0 Å². The summed E-state index contributed by atoms with van der Waals surface area (Å²) in [5.74, 6) is -17.9. The molecule has 3 atom stereocenters. The molecule has 1 fully saturated rings. The van der Waals surface area contributed by atoms with Crippen LogP contribution in [0.3, 0.4) is 0 Å². The van der Waals surface area contributed by atoms with E-state index in [9.17, 15) is 49.4 Å². The lowest BCUT2D eigenvalue weighted by molar-refractivity contribution is -0.353. The molecule has 1 N–H and O–H groups in total. The van der Waals surface area contributed by atoms with Crippen molar-refractivity contribution in [2.75, 3.05) is 6.61 Å². The van der Waals surface area contributed by atoms with Crippen LogP contribution in [-0.4, -0.2) is 52.9 Å². The van der Waals surface area contributed by atoms with E-state index in [0.717, 1.165) is 13.8 Å². The normalized spacial score (nSPS) is 29.8. The molecule has 0 aromatic heterocycles. The fourth-order valence-electron chi connectivity index (χ4n) is 3.57. The van der Waals surface area contributed by atoms with Gasteiger partial charge in [0.15, 0.2) is 0 Å². The van der Waals surface area contributed by atoms with Crippen LogP contribution in [0.1, 0.15) is 53.4 Å². The van der Waals surface area contributed by atoms with Gasteiger partial charge >= 0.3 is 18.1 Å². The van der Waals surface area contributed by atoms with Crippen LogP contribution < -0.4 is 0 Å². The number of ether oxygens (including phenoxy) is 1. The summed E-state index contributed by atoms with van der Waals surface area (Å²) in [5, 5.41) is 9.54. The van der Waals surface area contributed by atoms with E-state index >= 15 is 4.39 Å². The molecule has 0 spiro atoms. The van der Waals surface area contributed by atoms with Gasteiger partial charge in [-0.3, -0.25) is 4.79 Å². The maximum Gasteiger partial charge on any atom is 0.423 e. The van der Waals surface area contributed by atoms with Crippen LogP contribution in [0.4, 0.5) is 43.9 Å². The second kappa shape index (κ2) is 7.95. The van der Waals surface area contributed by atoms with Gasteiger partial charge in [0.2, 0.25) is 17.2 Å². The second-order valence-corrected chi connectivity index (χ2v) is 8.81. The van der Waals surface area contributed by atoms with Crippen molar-refractivity contribution in [3.63, 3.8) is 0 Å². The molecule has 31 heavy (non-hydrogen) atoms. The van der Waals surface area contributed by atoms with Gasteiger partial charge in [0, 0.05) is 19.3 Å². The first kappa shape index (κ1) is 27.8. The number of carbonyl (C=O) groups is 1. The number of alkyl halides is 10. The molecule has 1 saturated carbocycles. The number of aliphatic hydroxyl groups is 1. The van der Waals surface area contributed by atoms with Crippen LogP contribution in [0.15, 0.2) is 0 Å². The minimum Gasteiger partial charge on any atom is -0.465 e. The number of hydrogen-bond donors (Lipinski definition) is 1. The Morgan fingerprint density at radius 2 is 1.45 bits per heavy atom. The lowest BCUT2D eigenvalue weighted by Crippen LogP contribution is -2.66. The molecule has 184 valence electrons. The van der Waals surface area contributed by atoms with Crippen molar-refractivity contribution in [1.29, 1.82) is 0 Å². The van der Waals surface area contributed by atoms with E-state index < -0.39 is 84.8 Å². The number of rotatable bonds is 8. The van der Waals surface area contributed by atoms with E-state index in [1.165, 1.54) is 0 Å². The van der Waals surface area contributed by atoms with Crippen molar-refractivity contribution in [2.24, 2.45) is 11.3 Å². The molecule has 0 radical (unpaired) electrons. The maximum atomic E-state index is 15.0. The summed E-state index contributed by atoms with van der Waals surface area (Å²) in [4.78, 5) is 12.0. The molecule has 3 nitrogen and oxygen atoms in total. The first-order valence-corrected chi connectivity index (χ1v) is 9.23. The lowest BCUT2D eigenvalue weighted by atomic mass is 9.78. The Morgan fingerprint density at radius 3 is 1.84 bits per heavy atom. The smallest absolute Gasteiger partial charge is 0.423 e. The predicted molar refractivity (Wildman–Crippen MR) is 87.7 cm³/mol. The third-order valence-corrected chi connectivity index (χ3v) is 5.63. The highest BCUT2D eigenvalue weighted by molar-refractivity contribution is 5.75. The molecule has 0 amide bonds. The van der Waals surface area contributed by atoms with Crippen molar-refractivity contribution >= 4 is 5.97 Å². The molecule has 0 bridgehead atoms. The fourth-order valence-corrected chi connectivity index (χ4v) is 3.57. The minimum atomic E-state index is -6.12. The topological polar surface area (TPSA) is 46.5 Å². The van der Waals surface area contributed by atoms with Gasteiger partial charge in [-0.2, -0.15) is 22.0 Å². The Hall–Kier alpha value is -1.27. The monoisotopic (exact) mass is 478 g/mol. The first-order valence-electron chi connectivity index (χ1n) is 9.23. The molecule has 1 aliphatic carbocycles. The number of carbonyl (C=O) groups excluding carboxylic acids is 1. The zero-order valence-corrected chi connectivity index (χ0v) is 17.2. The summed E-state index contributed by atoms with van der Waals surface area (Å²) in [6.07, 6.45) is -10.8. The summed E-state index contributed by atoms with van der Waals surface area (Å²) in [7, 11) is 0. The Morgan fingerprint density at radius 1 is 0.968 bits per heavy atom. The summed E-state index contributed by atoms with van der Waals surface area (Å²) in [5.41, 5.74) is -11.8. The fraction of sp³-hybridized carbons (Fsp3) is 0.944. The van der Waals surface area contributed by atoms with Gasteiger partial charge in [-0.05, 0) is 40.0 Å². The average Bonchev–Trinajstić information content (AvgIpc) is 2.70. The number of esters is 1. The summed E-state index contributed by atoms with van der Waals surface area (Å²) < 4.78 is 141. The maximum absolute atomic E-state index is 15.0. The van der Waals surface area contributed by atoms with Crippen molar-refractivity contribution < 1.29 is 58.5 Å². The van der Waals surface area contributed by atoms with E-state index in [1.54, 1.807) is 0 Å². The van der Waals surface area contributed by atoms with E-state index in [4.69, 9.17) is 0 Å². The van der Waals surface area contributed by atoms with Crippen molar-refractivity contribution in [3.05, 3.63) is 0 Å². The van der Waals surface area contributed by atoms with Gasteiger partial charge in [-0.25, -0.2) is 22.0 Å². The first-order chi connectivity index (χ1) is 13.4. The molecule has 0 aromatic rings. The zero-order chi connectivity index (χ0) is 24.9. The zero-order valence-electron chi connectivity index (χ0n) is 17.2. The molecule has 3 unspecified atom stereocenters. The highest BCUT2D eigenvalue weighted by Crippen LogP contribution is 2.66. The van der Waals surface area contributed by atoms with Crippen molar-refractivity contribution in [2.45, 2.75) is 88.6 Å². The molecular weight excluding hydrogens is 454 g/mol. The molecule has 1 rings (SSSR count). The van der Waals surface area contributed by atoms with Gasteiger partial charge < -0.3 is 9.84 Å². The van der Waals surface area contributed by atoms with Crippen molar-refractivity contribution in [3.8, 4) is 0 Å². The Balaban J connectivity index is 3.11. The van der Waals surface area contributed by atoms with Crippen LogP contribution in [0.2, 0.25) is 0 Å². The third kappa shape index (κ3) is 4.90. The SMILES string of the molecule is CC(F)(F)CCOC(=O)C(C)(C)CCC1CC(O)(C(F)(F)F)C(F)(F)C1(F)C(C)(F)F. The molecule has 0 saturated heterocycles. The molecule has 0 aliphatic heterocycles. The van der Waals surface area contributed by atoms with E-state index in [2.05, 4.69) is 4.74 Å². The highest BCUT2D eigenvalue weighted by Gasteiger charge is 2.88. The summed E-state index contributed by atoms with van der Waals surface area (Å²) in [6, 6.07) is 0. The van der Waals surface area contributed by atoms with Gasteiger partial charge in [-0.15, -0.1) is 0 Å². The Kier molecular flexibility index (Phi) is 7.12. The van der Waals surface area contributed by atoms with Crippen molar-refractivity contribution in [1.82, 2.24) is 0 Å². The Labute approximate surface area is 172 Å². The number of hydrogen-bond acceptors (Lipinski definition) is 3.